The van der Waals surface area contributed by atoms with E-state index in [0.717, 1.165) is 38.0 Å². The van der Waals surface area contributed by atoms with Crippen LogP contribution in [0.25, 0.3) is 0 Å². The van der Waals surface area contributed by atoms with Crippen LogP contribution in [-0.4, -0.2) is 172 Å². The van der Waals surface area contributed by atoms with E-state index >= 15 is 0 Å². The number of nitrogens with one attached hydrogen (secondary N) is 4. The number of allylic oxidation sites excluding steroid dienone is 4. The molecule has 466 valence electrons. The van der Waals surface area contributed by atoms with Crippen LogP contribution in [0.3, 0.4) is 0 Å². The SMILES string of the molecule is CO[C@H]1C=CC=C(C)C(=O)NC2=CC(=O)C(NCCCNC(=O)CCCN3C(=O)CC(SC[C@H]4CCN5CC[C@H](CO[Si](c6ccccc6)(c6ccccc6)C(C)(C)C)N=C5N4)C3=O)=C(C[C@@H](C)C[C@H](OC)[C@H](O)[C@@H](C)C=C(C)[C@@H]1OC(N)=O)C2=O. The van der Waals surface area contributed by atoms with Crippen LogP contribution in [0.15, 0.2) is 124 Å². The van der Waals surface area contributed by atoms with Gasteiger partial charge in [-0.25, -0.2) is 9.79 Å². The summed E-state index contributed by atoms with van der Waals surface area (Å²) < 4.78 is 24.1. The number of aliphatic imine (C=N–C) groups is 1. The molecule has 22 heteroatoms. The Morgan fingerprint density at radius 2 is 1.60 bits per heavy atom. The molecule has 86 heavy (non-hydrogen) atoms. The molecule has 0 aromatic heterocycles. The maximum atomic E-state index is 14.2. The molecule has 20 nitrogen and oxygen atoms in total. The van der Waals surface area contributed by atoms with E-state index in [0.29, 0.717) is 30.8 Å². The van der Waals surface area contributed by atoms with Gasteiger partial charge in [0, 0.05) is 94.7 Å². The van der Waals surface area contributed by atoms with Gasteiger partial charge in [0.05, 0.1) is 41.5 Å². The summed E-state index contributed by atoms with van der Waals surface area (Å²) in [6.07, 6.45) is 5.82. The second kappa shape index (κ2) is 30.8. The average molecular weight is 1220 g/mol. The van der Waals surface area contributed by atoms with Gasteiger partial charge in [0.25, 0.3) is 14.2 Å². The van der Waals surface area contributed by atoms with Gasteiger partial charge in [-0.1, -0.05) is 120 Å². The van der Waals surface area contributed by atoms with Crippen molar-refractivity contribution in [3.05, 3.63) is 119 Å². The van der Waals surface area contributed by atoms with Crippen LogP contribution >= 0.6 is 11.8 Å². The number of fused-ring (bicyclic) bond motifs is 3. The Labute approximate surface area is 511 Å². The molecule has 2 aromatic rings. The third-order valence-electron chi connectivity index (χ3n) is 16.6. The van der Waals surface area contributed by atoms with E-state index in [4.69, 9.17) is 29.4 Å². The van der Waals surface area contributed by atoms with E-state index in [9.17, 15) is 38.7 Å². The molecule has 7 N–H and O–H groups in total. The van der Waals surface area contributed by atoms with Gasteiger partial charge in [0.1, 0.15) is 6.10 Å². The van der Waals surface area contributed by atoms with Crippen molar-refractivity contribution in [1.82, 2.24) is 31.1 Å². The summed E-state index contributed by atoms with van der Waals surface area (Å²) in [6.45, 7) is 16.5. The van der Waals surface area contributed by atoms with Crippen LogP contribution in [0, 0.1) is 11.8 Å². The van der Waals surface area contributed by atoms with E-state index in [2.05, 4.69) is 95.5 Å². The number of nitrogens with zero attached hydrogens (tertiary/aromatic N) is 3. The molecule has 2 aromatic carbocycles. The lowest BCUT2D eigenvalue weighted by molar-refractivity contribution is -0.138. The fraction of sp³-hybridized carbons (Fsp3) is 0.531. The standard InChI is InChI=1S/C64H88N8O12SSi/c1-40-33-48-56(50(73)36-49(58(48)77)70-60(78)41(2)19-16-24-51(81-8)59(84-62(65)80)43(4)35-42(3)57(76)52(34-40)82-9)67-29-18-28-66-54(74)25-17-30-72-55(75)37-53(61(72)79)85-39-45-27-32-71-31-26-44(68-63(71)69-45)38-83-86(64(5,6)7,46-20-12-10-13-21-46)47-22-14-11-15-23-47/h10-16,19-24,35-36,40,42,44-45,51-53,57,59,67,76H,17-18,25-34,37-39H2,1-9H3,(H2,65,80)(H,66,74)(H,68,69)(H,70,78)/t40-,42+,44-,45-,51+,52+,53?,57-,59+/m1/s1. The van der Waals surface area contributed by atoms with Gasteiger partial charge >= 0.3 is 6.09 Å². The summed E-state index contributed by atoms with van der Waals surface area (Å²) >= 11 is 1.49. The number of carbonyl (C=O) groups is 7. The lowest BCUT2D eigenvalue weighted by Gasteiger charge is -2.44. The van der Waals surface area contributed by atoms with Crippen molar-refractivity contribution in [3.63, 3.8) is 0 Å². The smallest absolute Gasteiger partial charge is 0.405 e. The highest BCUT2D eigenvalue weighted by atomic mass is 32.2. The second-order valence-corrected chi connectivity index (χ2v) is 29.6. The van der Waals surface area contributed by atoms with Crippen molar-refractivity contribution in [2.75, 3.05) is 59.3 Å². The highest BCUT2D eigenvalue weighted by Gasteiger charge is 2.51. The molecular weight excluding hydrogens is 1130 g/mol. The third kappa shape index (κ3) is 16.9. The van der Waals surface area contributed by atoms with E-state index < -0.39 is 67.5 Å². The molecule has 1 aliphatic carbocycles. The zero-order valence-corrected chi connectivity index (χ0v) is 53.0. The molecule has 4 aliphatic heterocycles. The lowest BCUT2D eigenvalue weighted by atomic mass is 9.85. The van der Waals surface area contributed by atoms with Crippen LogP contribution in [0.2, 0.25) is 5.04 Å². The largest absolute Gasteiger partial charge is 0.439 e. The van der Waals surface area contributed by atoms with Crippen LogP contribution < -0.4 is 37.4 Å². The number of primary amides is 1. The number of aliphatic hydroxyl groups excluding tert-OH is 1. The molecule has 9 atom stereocenters. The number of hydrogen-bond acceptors (Lipinski definition) is 17. The Bertz CT molecular complexity index is 2920. The number of aliphatic hydroxyl groups is 1. The first kappa shape index (κ1) is 66.8. The van der Waals surface area contributed by atoms with E-state index in [-0.39, 0.29) is 109 Å². The molecule has 0 saturated carbocycles. The molecular formula is C64H88N8O12SSi. The quantitative estimate of drug-likeness (QED) is 0.0340. The Hall–Kier alpha value is -6.69. The van der Waals surface area contributed by atoms with Gasteiger partial charge in [-0.3, -0.25) is 33.7 Å². The van der Waals surface area contributed by atoms with E-state index in [1.54, 1.807) is 26.0 Å². The summed E-state index contributed by atoms with van der Waals surface area (Å²) in [5.74, 6) is -1.79. The number of amides is 5. The molecule has 7 rings (SSSR count). The fourth-order valence-corrected chi connectivity index (χ4v) is 17.8. The minimum absolute atomic E-state index is 0.0229. The maximum Gasteiger partial charge on any atom is 0.405 e. The molecule has 2 fully saturated rings. The Morgan fingerprint density at radius 1 is 0.919 bits per heavy atom. The van der Waals surface area contributed by atoms with Gasteiger partial charge in [0.2, 0.25) is 29.3 Å². The van der Waals surface area contributed by atoms with Crippen molar-refractivity contribution < 1.29 is 57.3 Å². The normalized spacial score (nSPS) is 25.6. The first-order valence-electron chi connectivity index (χ1n) is 29.9. The molecule has 5 aliphatic rings. The summed E-state index contributed by atoms with van der Waals surface area (Å²) in [6, 6.07) is 21.3. The Balaban J connectivity index is 0.883. The minimum Gasteiger partial charge on any atom is -0.439 e. The first-order chi connectivity index (χ1) is 41.0. The number of carbonyl (C=O) groups excluding carboxylic acids is 7. The number of ether oxygens (including phenoxy) is 3. The first-order valence-corrected chi connectivity index (χ1v) is 32.9. The second-order valence-electron chi connectivity index (χ2n) is 24.1. The van der Waals surface area contributed by atoms with Crippen molar-refractivity contribution in [2.45, 2.75) is 147 Å². The molecule has 4 heterocycles. The summed E-state index contributed by atoms with van der Waals surface area (Å²) in [5, 5.41) is 25.6. The monoisotopic (exact) mass is 1220 g/mol. The average Bonchev–Trinajstić information content (AvgIpc) is 1.19. The van der Waals surface area contributed by atoms with Gasteiger partial charge in [0.15, 0.2) is 12.1 Å². The zero-order chi connectivity index (χ0) is 62.3. The number of imide groups is 1. The van der Waals surface area contributed by atoms with Crippen LogP contribution in [0.5, 0.6) is 0 Å². The summed E-state index contributed by atoms with van der Waals surface area (Å²) in [7, 11) is 0.157. The number of hydrogen-bond donors (Lipinski definition) is 6. The number of benzene rings is 2. The van der Waals surface area contributed by atoms with Gasteiger partial charge < -0.3 is 55.6 Å². The Morgan fingerprint density at radius 3 is 2.26 bits per heavy atom. The van der Waals surface area contributed by atoms with E-state index in [1.807, 2.05) is 19.1 Å². The van der Waals surface area contributed by atoms with Crippen molar-refractivity contribution in [3.8, 4) is 0 Å². The Kier molecular flexibility index (Phi) is 23.9. The van der Waals surface area contributed by atoms with Gasteiger partial charge in [-0.2, -0.15) is 0 Å². The predicted octanol–water partition coefficient (Wildman–Crippen LogP) is 4.87. The lowest BCUT2D eigenvalue weighted by Crippen LogP contribution is -2.67. The predicted molar refractivity (Wildman–Crippen MR) is 335 cm³/mol. The van der Waals surface area contributed by atoms with Crippen LogP contribution in [-0.2, 0) is 47.4 Å². The molecule has 2 saturated heterocycles. The van der Waals surface area contributed by atoms with Gasteiger partial charge in [-0.15, -0.1) is 11.8 Å². The van der Waals surface area contributed by atoms with Crippen molar-refractivity contribution in [2.24, 2.45) is 22.6 Å². The highest BCUT2D eigenvalue weighted by Crippen LogP contribution is 2.38. The maximum absolute atomic E-state index is 14.2. The number of Topliss-reactive ketones (excluding diaryl/α,β-unsaturated/α-hetero) is 1. The summed E-state index contributed by atoms with van der Waals surface area (Å²) in [4.78, 5) is 102. The third-order valence-corrected chi connectivity index (χ3v) is 23.0. The zero-order valence-electron chi connectivity index (χ0n) is 51.2. The van der Waals surface area contributed by atoms with Crippen molar-refractivity contribution in [1.29, 1.82) is 0 Å². The summed E-state index contributed by atoms with van der Waals surface area (Å²) in [5.41, 5.74) is 6.19. The minimum atomic E-state index is -2.73. The van der Waals surface area contributed by atoms with Crippen LogP contribution in [0.4, 0.5) is 4.79 Å². The highest BCUT2D eigenvalue weighted by molar-refractivity contribution is 8.00. The molecule has 2 bridgehead atoms. The number of ketones is 2. The van der Waals surface area contributed by atoms with Crippen molar-refractivity contribution >= 4 is 77.7 Å². The molecule has 0 radical (unpaired) electrons. The fourth-order valence-electron chi connectivity index (χ4n) is 11.9. The number of thioether (sulfide) groups is 1. The molecule has 5 amide bonds. The number of likely N-dealkylation sites (tertiary alicyclic amines) is 1. The molecule has 0 spiro atoms. The number of nitrogens with two attached hydrogens (primary N) is 1. The topological polar surface area (TPSA) is 270 Å². The molecule has 1 unspecified atom stereocenters. The number of methoxy groups -OCH3 is 2. The van der Waals surface area contributed by atoms with Crippen LogP contribution in [0.1, 0.15) is 99.8 Å². The van der Waals surface area contributed by atoms with Gasteiger partial charge in [-0.05, 0) is 79.3 Å². The van der Waals surface area contributed by atoms with E-state index in [1.165, 1.54) is 60.3 Å². The number of rotatable bonds is 20. The number of guanidine groups is 1.